The molecule has 3 aromatic rings. The van der Waals surface area contributed by atoms with Gasteiger partial charge in [0.25, 0.3) is 11.5 Å². The minimum Gasteiger partial charge on any atom is -0.316 e. The van der Waals surface area contributed by atoms with Crippen LogP contribution in [0.25, 0.3) is 5.69 Å². The Balaban J connectivity index is 2.05. The highest BCUT2D eigenvalue weighted by atomic mass is 35.5. The van der Waals surface area contributed by atoms with Crippen molar-refractivity contribution in [1.82, 2.24) is 9.36 Å². The molecule has 0 fully saturated rings. The molecule has 0 atom stereocenters. The first-order valence-corrected chi connectivity index (χ1v) is 8.26. The Hall–Kier alpha value is -2.50. The maximum atomic E-state index is 12.8. The van der Waals surface area contributed by atoms with E-state index in [1.807, 2.05) is 30.3 Å². The highest BCUT2D eigenvalue weighted by molar-refractivity contribution is 6.40. The first kappa shape index (κ1) is 17.3. The van der Waals surface area contributed by atoms with E-state index < -0.39 is 5.91 Å². The molecule has 0 aliphatic rings. The van der Waals surface area contributed by atoms with E-state index in [1.54, 1.807) is 36.9 Å². The predicted molar refractivity (Wildman–Crippen MR) is 100 cm³/mol. The van der Waals surface area contributed by atoms with Gasteiger partial charge in [-0.15, -0.1) is 0 Å². The summed E-state index contributed by atoms with van der Waals surface area (Å²) in [5, 5.41) is 3.09. The number of aromatic nitrogens is 2. The van der Waals surface area contributed by atoms with Crippen LogP contribution in [0.15, 0.2) is 53.3 Å². The molecule has 0 saturated carbocycles. The number of para-hydroxylation sites is 1. The fourth-order valence-corrected chi connectivity index (χ4v) is 3.17. The van der Waals surface area contributed by atoms with Crippen LogP contribution >= 0.6 is 23.2 Å². The first-order chi connectivity index (χ1) is 11.9. The molecule has 0 radical (unpaired) electrons. The summed E-state index contributed by atoms with van der Waals surface area (Å²) in [6.07, 6.45) is 0. The zero-order chi connectivity index (χ0) is 18.1. The maximum Gasteiger partial charge on any atom is 0.295 e. The van der Waals surface area contributed by atoms with Gasteiger partial charge in [-0.05, 0) is 31.2 Å². The Bertz CT molecular complexity index is 987. The molecule has 1 heterocycles. The largest absolute Gasteiger partial charge is 0.316 e. The third-order valence-corrected chi connectivity index (χ3v) is 4.61. The molecule has 0 bridgehead atoms. The Labute approximate surface area is 154 Å². The number of hydrogen-bond acceptors (Lipinski definition) is 2. The van der Waals surface area contributed by atoms with Crippen molar-refractivity contribution in [1.29, 1.82) is 0 Å². The molecule has 1 aromatic heterocycles. The molecule has 1 N–H and O–H groups in total. The van der Waals surface area contributed by atoms with Crippen molar-refractivity contribution >= 4 is 34.8 Å². The number of amides is 1. The van der Waals surface area contributed by atoms with E-state index in [-0.39, 0.29) is 26.9 Å². The number of nitrogens with one attached hydrogen (secondary N) is 1. The lowest BCUT2D eigenvalue weighted by Gasteiger charge is -2.07. The van der Waals surface area contributed by atoms with Crippen LogP contribution in [-0.4, -0.2) is 15.3 Å². The van der Waals surface area contributed by atoms with Gasteiger partial charge < -0.3 is 5.32 Å². The highest BCUT2D eigenvalue weighted by Gasteiger charge is 2.21. The third kappa shape index (κ3) is 3.08. The van der Waals surface area contributed by atoms with E-state index >= 15 is 0 Å². The van der Waals surface area contributed by atoms with Gasteiger partial charge in [0.05, 0.1) is 27.0 Å². The summed E-state index contributed by atoms with van der Waals surface area (Å²) < 4.78 is 3.17. The number of rotatable bonds is 3. The summed E-state index contributed by atoms with van der Waals surface area (Å²) in [4.78, 5) is 25.4. The van der Waals surface area contributed by atoms with Crippen molar-refractivity contribution in [2.45, 2.75) is 6.92 Å². The van der Waals surface area contributed by atoms with Gasteiger partial charge in [-0.3, -0.25) is 14.3 Å². The van der Waals surface area contributed by atoms with Crippen molar-refractivity contribution in [2.24, 2.45) is 7.05 Å². The van der Waals surface area contributed by atoms with Crippen molar-refractivity contribution < 1.29 is 4.79 Å². The molecule has 3 rings (SSSR count). The normalized spacial score (nSPS) is 10.7. The quantitative estimate of drug-likeness (QED) is 0.750. The van der Waals surface area contributed by atoms with Crippen LogP contribution in [0.3, 0.4) is 0 Å². The molecule has 2 aromatic carbocycles. The number of carbonyl (C=O) groups is 1. The van der Waals surface area contributed by atoms with Gasteiger partial charge in [0.2, 0.25) is 0 Å². The SMILES string of the molecule is Cc1c(NC(=O)c2c(Cl)cccc2Cl)c(=O)n(-c2ccccc2)n1C. The second kappa shape index (κ2) is 6.78. The Morgan fingerprint density at radius 3 is 2.20 bits per heavy atom. The van der Waals surface area contributed by atoms with E-state index in [0.29, 0.717) is 11.4 Å². The second-order valence-electron chi connectivity index (χ2n) is 5.49. The first-order valence-electron chi connectivity index (χ1n) is 7.51. The lowest BCUT2D eigenvalue weighted by atomic mass is 10.2. The number of anilines is 1. The smallest absolute Gasteiger partial charge is 0.295 e. The molecule has 128 valence electrons. The molecule has 5 nitrogen and oxygen atoms in total. The van der Waals surface area contributed by atoms with Gasteiger partial charge in [0.15, 0.2) is 0 Å². The van der Waals surface area contributed by atoms with Crippen molar-refractivity contribution in [3.63, 3.8) is 0 Å². The van der Waals surface area contributed by atoms with Gasteiger partial charge in [0.1, 0.15) is 5.69 Å². The summed E-state index contributed by atoms with van der Waals surface area (Å²) in [6, 6.07) is 14.0. The fourth-order valence-electron chi connectivity index (χ4n) is 2.60. The molecular formula is C18H15Cl2N3O2. The standard InChI is InChI=1S/C18H15Cl2N3O2/c1-11-16(21-17(24)15-13(19)9-6-10-14(15)20)18(25)23(22(11)2)12-7-4-3-5-8-12/h3-10H,1-2H3,(H,21,24). The number of benzene rings is 2. The van der Waals surface area contributed by atoms with Crippen LogP contribution < -0.4 is 10.9 Å². The summed E-state index contributed by atoms with van der Waals surface area (Å²) in [6.45, 7) is 1.75. The van der Waals surface area contributed by atoms with Crippen molar-refractivity contribution in [3.8, 4) is 5.69 Å². The van der Waals surface area contributed by atoms with E-state index in [0.717, 1.165) is 0 Å². The molecule has 0 saturated heterocycles. The number of halogens is 2. The minimum atomic E-state index is -0.526. The minimum absolute atomic E-state index is 0.139. The average molecular weight is 376 g/mol. The molecule has 1 amide bonds. The number of carbonyl (C=O) groups excluding carboxylic acids is 1. The monoisotopic (exact) mass is 375 g/mol. The van der Waals surface area contributed by atoms with Crippen LogP contribution in [0.1, 0.15) is 16.1 Å². The molecule has 0 aliphatic carbocycles. The van der Waals surface area contributed by atoms with E-state index in [9.17, 15) is 9.59 Å². The maximum absolute atomic E-state index is 12.8. The summed E-state index contributed by atoms with van der Waals surface area (Å²) >= 11 is 12.1. The van der Waals surface area contributed by atoms with Crippen LogP contribution in [-0.2, 0) is 7.05 Å². The van der Waals surface area contributed by atoms with Gasteiger partial charge >= 0.3 is 0 Å². The summed E-state index contributed by atoms with van der Waals surface area (Å²) in [5.74, 6) is -0.526. The zero-order valence-corrected chi connectivity index (χ0v) is 15.1. The van der Waals surface area contributed by atoms with Gasteiger partial charge in [-0.25, -0.2) is 4.68 Å². The molecule has 0 unspecified atom stereocenters. The van der Waals surface area contributed by atoms with Gasteiger partial charge in [0, 0.05) is 7.05 Å². The molecular weight excluding hydrogens is 361 g/mol. The number of nitrogens with zero attached hydrogens (tertiary/aromatic N) is 2. The molecule has 7 heteroatoms. The number of hydrogen-bond donors (Lipinski definition) is 1. The van der Waals surface area contributed by atoms with Crippen LogP contribution in [0.4, 0.5) is 5.69 Å². The van der Waals surface area contributed by atoms with E-state index in [1.165, 1.54) is 4.68 Å². The Kier molecular flexibility index (Phi) is 4.70. The van der Waals surface area contributed by atoms with Crippen LogP contribution in [0, 0.1) is 6.92 Å². The Morgan fingerprint density at radius 2 is 1.60 bits per heavy atom. The summed E-state index contributed by atoms with van der Waals surface area (Å²) in [7, 11) is 1.75. The van der Waals surface area contributed by atoms with Gasteiger partial charge in [-0.1, -0.05) is 47.5 Å². The molecule has 25 heavy (non-hydrogen) atoms. The van der Waals surface area contributed by atoms with Crippen molar-refractivity contribution in [2.75, 3.05) is 5.32 Å². The second-order valence-corrected chi connectivity index (χ2v) is 6.30. The topological polar surface area (TPSA) is 56.0 Å². The highest BCUT2D eigenvalue weighted by Crippen LogP contribution is 2.25. The zero-order valence-electron chi connectivity index (χ0n) is 13.6. The fraction of sp³-hybridized carbons (Fsp3) is 0.111. The lowest BCUT2D eigenvalue weighted by molar-refractivity contribution is 0.102. The van der Waals surface area contributed by atoms with E-state index in [4.69, 9.17) is 23.2 Å². The predicted octanol–water partition coefficient (Wildman–Crippen LogP) is 4.04. The Morgan fingerprint density at radius 1 is 1.00 bits per heavy atom. The van der Waals surface area contributed by atoms with Crippen LogP contribution in [0.2, 0.25) is 10.0 Å². The summed E-state index contributed by atoms with van der Waals surface area (Å²) in [5.41, 5.74) is 1.31. The lowest BCUT2D eigenvalue weighted by Crippen LogP contribution is -2.23. The van der Waals surface area contributed by atoms with Crippen LogP contribution in [0.5, 0.6) is 0 Å². The molecule has 0 spiro atoms. The molecule has 0 aliphatic heterocycles. The average Bonchev–Trinajstić information content (AvgIpc) is 2.79. The third-order valence-electron chi connectivity index (χ3n) is 3.98. The van der Waals surface area contributed by atoms with E-state index in [2.05, 4.69) is 5.32 Å². The van der Waals surface area contributed by atoms with Crippen molar-refractivity contribution in [3.05, 3.63) is 80.2 Å². The van der Waals surface area contributed by atoms with Gasteiger partial charge in [-0.2, -0.15) is 0 Å².